The number of aromatic nitrogens is 2. The summed E-state index contributed by atoms with van der Waals surface area (Å²) in [7, 11) is 1.38. The molecule has 5 rings (SSSR count). The van der Waals surface area contributed by atoms with Crippen LogP contribution in [0.5, 0.6) is 5.75 Å². The number of carbonyl (C=O) groups is 1. The van der Waals surface area contributed by atoms with Gasteiger partial charge in [0.25, 0.3) is 5.91 Å². The molecule has 0 saturated heterocycles. The molecule has 0 unspecified atom stereocenters. The van der Waals surface area contributed by atoms with E-state index in [0.29, 0.717) is 5.69 Å². The topological polar surface area (TPSA) is 171 Å². The Morgan fingerprint density at radius 3 is 2.83 bits per heavy atom. The third-order valence-electron chi connectivity index (χ3n) is 4.90. The number of aliphatic imine (C=N–C) groups is 1. The maximum Gasteiger partial charge on any atom is 0.381 e. The summed E-state index contributed by atoms with van der Waals surface area (Å²) in [6.45, 7) is 0. The fraction of sp³-hybridized carbons (Fsp3) is 0.353. The molecule has 12 heteroatoms. The molecule has 2 heterocycles. The zero-order valence-corrected chi connectivity index (χ0v) is 16.3. The van der Waals surface area contributed by atoms with Gasteiger partial charge in [0.2, 0.25) is 16.0 Å². The van der Waals surface area contributed by atoms with Crippen molar-refractivity contribution >= 4 is 39.0 Å². The predicted octanol–water partition coefficient (Wildman–Crippen LogP) is 1.18. The van der Waals surface area contributed by atoms with Crippen molar-refractivity contribution in [3.05, 3.63) is 34.5 Å². The summed E-state index contributed by atoms with van der Waals surface area (Å²) in [6.07, 6.45) is 5.79. The van der Waals surface area contributed by atoms with Gasteiger partial charge < -0.3 is 25.9 Å². The van der Waals surface area contributed by atoms with Crippen molar-refractivity contribution in [2.24, 2.45) is 22.4 Å². The molecule has 3 saturated carbocycles. The number of methoxy groups -OCH3 is 1. The minimum atomic E-state index is -0.738. The van der Waals surface area contributed by atoms with Gasteiger partial charge in [0, 0.05) is 11.6 Å². The van der Waals surface area contributed by atoms with Crippen molar-refractivity contribution in [1.29, 1.82) is 0 Å². The van der Waals surface area contributed by atoms with Crippen LogP contribution in [-0.2, 0) is 0 Å². The molecule has 152 valence electrons. The van der Waals surface area contributed by atoms with Crippen molar-refractivity contribution in [3.8, 4) is 5.75 Å². The van der Waals surface area contributed by atoms with Gasteiger partial charge in [-0.3, -0.25) is 10.1 Å². The minimum Gasteiger partial charge on any atom is -0.488 e. The molecule has 0 atom stereocenters. The Balaban J connectivity index is 1.53. The van der Waals surface area contributed by atoms with E-state index in [0.717, 1.165) is 36.5 Å². The lowest BCUT2D eigenvalue weighted by molar-refractivity contribution is 0.00189. The first-order valence-corrected chi connectivity index (χ1v) is 9.60. The number of ether oxygens (including phenoxy) is 1. The molecule has 6 N–H and O–H groups in total. The number of hydrogen-bond donors (Lipinski definition) is 4. The molecule has 3 aliphatic carbocycles. The van der Waals surface area contributed by atoms with E-state index in [4.69, 9.17) is 20.6 Å². The molecule has 1 amide bonds. The lowest BCUT2D eigenvalue weighted by Gasteiger charge is -2.62. The highest BCUT2D eigenvalue weighted by atomic mass is 32.1. The van der Waals surface area contributed by atoms with Crippen LogP contribution in [0.3, 0.4) is 0 Å². The Morgan fingerprint density at radius 1 is 1.45 bits per heavy atom. The van der Waals surface area contributed by atoms with Gasteiger partial charge in [-0.2, -0.15) is 0 Å². The second kappa shape index (κ2) is 7.20. The molecule has 2 aromatic heterocycles. The quantitative estimate of drug-likeness (QED) is 0.381. The molecule has 0 aliphatic heterocycles. The van der Waals surface area contributed by atoms with Gasteiger partial charge in [0.15, 0.2) is 5.76 Å². The van der Waals surface area contributed by atoms with Gasteiger partial charge in [-0.25, -0.2) is 9.79 Å². The van der Waals surface area contributed by atoms with Crippen LogP contribution in [0.2, 0.25) is 0 Å². The second-order valence-electron chi connectivity index (χ2n) is 6.97. The lowest BCUT2D eigenvalue weighted by atomic mass is 9.50. The smallest absolute Gasteiger partial charge is 0.381 e. The van der Waals surface area contributed by atoms with Crippen LogP contribution in [-0.4, -0.2) is 34.6 Å². The average molecular weight is 417 g/mol. The molecule has 0 radical (unpaired) electrons. The van der Waals surface area contributed by atoms with Gasteiger partial charge in [-0.05, 0) is 37.5 Å². The molecule has 2 bridgehead atoms. The Kier molecular flexibility index (Phi) is 4.70. The number of anilines is 2. The number of carbonyl (C=O) groups excluding carboxylic acids is 1. The van der Waals surface area contributed by atoms with E-state index >= 15 is 0 Å². The summed E-state index contributed by atoms with van der Waals surface area (Å²) in [5, 5.41) is 13.9. The van der Waals surface area contributed by atoms with E-state index in [1.165, 1.54) is 25.5 Å². The molecule has 0 aromatic carbocycles. The Labute approximate surface area is 168 Å². The summed E-state index contributed by atoms with van der Waals surface area (Å²) in [5.41, 5.74) is 10.5. The summed E-state index contributed by atoms with van der Waals surface area (Å²) in [5.74, 6) is 0.122. The summed E-state index contributed by atoms with van der Waals surface area (Å²) in [6, 6.07) is 1.46. The van der Waals surface area contributed by atoms with Gasteiger partial charge in [-0.15, -0.1) is 10.2 Å². The largest absolute Gasteiger partial charge is 0.488 e. The predicted molar refractivity (Wildman–Crippen MR) is 108 cm³/mol. The number of hydrogen-bond acceptors (Lipinski definition) is 10. The molecular formula is C17H19N7O4S. The molecule has 3 aliphatic rings. The first kappa shape index (κ1) is 18.9. The monoisotopic (exact) mass is 417 g/mol. The number of nitrogens with zero attached hydrogens (tertiary/aromatic N) is 3. The van der Waals surface area contributed by atoms with E-state index < -0.39 is 11.5 Å². The van der Waals surface area contributed by atoms with Crippen LogP contribution in [0.4, 0.5) is 16.0 Å². The SMILES string of the molecule is COc1c(NC23CC(C2)C3)cc(C(=O)Nc2nnc(N=C(N)C=CN)s2)oc1=O. The Hall–Kier alpha value is -3.41. The lowest BCUT2D eigenvalue weighted by Crippen LogP contribution is -2.63. The number of amidine groups is 1. The van der Waals surface area contributed by atoms with Crippen molar-refractivity contribution in [1.82, 2.24) is 10.2 Å². The van der Waals surface area contributed by atoms with E-state index in [9.17, 15) is 9.59 Å². The van der Waals surface area contributed by atoms with E-state index in [-0.39, 0.29) is 33.1 Å². The van der Waals surface area contributed by atoms with Gasteiger partial charge in [0.1, 0.15) is 5.84 Å². The molecule has 11 nitrogen and oxygen atoms in total. The number of rotatable bonds is 7. The van der Waals surface area contributed by atoms with Crippen LogP contribution < -0.4 is 32.5 Å². The highest BCUT2D eigenvalue weighted by Crippen LogP contribution is 2.58. The van der Waals surface area contributed by atoms with Crippen LogP contribution in [0, 0.1) is 5.92 Å². The van der Waals surface area contributed by atoms with Crippen molar-refractivity contribution < 1.29 is 13.9 Å². The molecular weight excluding hydrogens is 398 g/mol. The Bertz CT molecular complexity index is 1060. The first-order valence-electron chi connectivity index (χ1n) is 8.79. The normalized spacial score (nSPS) is 22.7. The van der Waals surface area contributed by atoms with Gasteiger partial charge in [0.05, 0.1) is 12.8 Å². The summed E-state index contributed by atoms with van der Waals surface area (Å²) in [4.78, 5) is 28.8. The molecule has 0 spiro atoms. The summed E-state index contributed by atoms with van der Waals surface area (Å²) >= 11 is 0.999. The molecule has 3 fully saturated rings. The number of nitrogens with one attached hydrogen (secondary N) is 2. The van der Waals surface area contributed by atoms with E-state index in [1.807, 2.05) is 0 Å². The fourth-order valence-corrected chi connectivity index (χ4v) is 4.14. The molecule has 2 aromatic rings. The Morgan fingerprint density at radius 2 is 2.21 bits per heavy atom. The third-order valence-corrected chi connectivity index (χ3v) is 5.63. The highest BCUT2D eigenvalue weighted by Gasteiger charge is 2.56. The highest BCUT2D eigenvalue weighted by molar-refractivity contribution is 7.18. The third kappa shape index (κ3) is 3.66. The maximum absolute atomic E-state index is 12.5. The van der Waals surface area contributed by atoms with Crippen LogP contribution in [0.25, 0.3) is 0 Å². The maximum atomic E-state index is 12.5. The second-order valence-corrected chi connectivity index (χ2v) is 7.92. The zero-order chi connectivity index (χ0) is 20.6. The minimum absolute atomic E-state index is 0.0104. The van der Waals surface area contributed by atoms with Gasteiger partial charge >= 0.3 is 5.63 Å². The van der Waals surface area contributed by atoms with Crippen molar-refractivity contribution in [3.63, 3.8) is 0 Å². The molecule has 29 heavy (non-hydrogen) atoms. The van der Waals surface area contributed by atoms with Crippen LogP contribution in [0.1, 0.15) is 29.8 Å². The zero-order valence-electron chi connectivity index (χ0n) is 15.5. The fourth-order valence-electron chi connectivity index (χ4n) is 3.51. The van der Waals surface area contributed by atoms with E-state index in [1.54, 1.807) is 0 Å². The van der Waals surface area contributed by atoms with E-state index in [2.05, 4.69) is 25.8 Å². The van der Waals surface area contributed by atoms with Gasteiger partial charge in [-0.1, -0.05) is 11.3 Å². The summed E-state index contributed by atoms with van der Waals surface area (Å²) < 4.78 is 10.3. The first-order chi connectivity index (χ1) is 13.9. The number of nitrogens with two attached hydrogens (primary N) is 2. The van der Waals surface area contributed by atoms with Crippen LogP contribution >= 0.6 is 11.3 Å². The number of amides is 1. The standard InChI is InChI=1S/C17H19N7O4S/c1-27-12-9(22-17-5-8(6-17)7-17)4-10(28-14(12)26)13(25)21-16-24-23-15(29-16)20-11(19)2-3-18/h2-4,8,22H,5-7,18H2,1H3,(H2,19,20,23)(H,21,24,25). The van der Waals surface area contributed by atoms with Crippen molar-refractivity contribution in [2.45, 2.75) is 24.8 Å². The van der Waals surface area contributed by atoms with Crippen molar-refractivity contribution in [2.75, 3.05) is 17.7 Å². The average Bonchev–Trinajstić information content (AvgIpc) is 3.03. The van der Waals surface area contributed by atoms with Crippen LogP contribution in [0.15, 0.2) is 32.5 Å².